The van der Waals surface area contributed by atoms with E-state index in [0.717, 1.165) is 30.3 Å². The molecule has 10 nitrogen and oxygen atoms in total. The molecule has 1 aliphatic rings. The van der Waals surface area contributed by atoms with Gasteiger partial charge < -0.3 is 36.9 Å². The monoisotopic (exact) mass is 461 g/mol. The van der Waals surface area contributed by atoms with Gasteiger partial charge in [0.15, 0.2) is 28.0 Å². The van der Waals surface area contributed by atoms with Crippen LogP contribution in [0.3, 0.4) is 0 Å². The van der Waals surface area contributed by atoms with Crippen molar-refractivity contribution >= 4 is 28.9 Å². The average Bonchev–Trinajstić information content (AvgIpc) is 3.63. The first-order valence-corrected chi connectivity index (χ1v) is 11.9. The first-order chi connectivity index (χ1) is 15.5. The van der Waals surface area contributed by atoms with Crippen molar-refractivity contribution in [3.05, 3.63) is 47.9 Å². The van der Waals surface area contributed by atoms with Crippen molar-refractivity contribution in [1.29, 1.82) is 5.41 Å². The Morgan fingerprint density at radius 2 is 2.06 bits per heavy atom. The first-order valence-electron chi connectivity index (χ1n) is 10.5. The number of hydrogen-bond donors (Lipinski definition) is 8. The largest absolute Gasteiger partial charge is 0.395 e. The Morgan fingerprint density at radius 3 is 2.69 bits per heavy atom. The molecule has 1 aliphatic carbocycles. The van der Waals surface area contributed by atoms with E-state index in [9.17, 15) is 9.66 Å². The molecule has 1 heterocycles. The first kappa shape index (κ1) is 24.0. The second-order valence-corrected chi connectivity index (χ2v) is 9.09. The third-order valence-corrected chi connectivity index (χ3v) is 6.49. The fourth-order valence-corrected chi connectivity index (χ4v) is 4.34. The van der Waals surface area contributed by atoms with Gasteiger partial charge in [0.25, 0.3) is 0 Å². The molecule has 1 fully saturated rings. The topological polar surface area (TPSA) is 163 Å². The maximum absolute atomic E-state index is 10.4. The third kappa shape index (κ3) is 7.18. The molecule has 0 saturated heterocycles. The number of hydrogen-bond acceptors (Lipinski definition) is 9. The predicted molar refractivity (Wildman–Crippen MR) is 127 cm³/mol. The highest BCUT2D eigenvalue weighted by Crippen LogP contribution is 2.31. The average molecular weight is 462 g/mol. The lowest BCUT2D eigenvalue weighted by Crippen LogP contribution is -2.73. The van der Waals surface area contributed by atoms with E-state index < -0.39 is 17.5 Å². The third-order valence-electron chi connectivity index (χ3n) is 4.65. The van der Waals surface area contributed by atoms with Crippen LogP contribution < -0.4 is 21.3 Å². The predicted octanol–water partition coefficient (Wildman–Crippen LogP) is 0.263. The second kappa shape index (κ2) is 11.8. The molecule has 0 bridgehead atoms. The minimum atomic E-state index is -1.06. The molecule has 2 aromatic rings. The van der Waals surface area contributed by atoms with Gasteiger partial charge in [-0.1, -0.05) is 0 Å². The van der Waals surface area contributed by atoms with Crippen LogP contribution in [0.1, 0.15) is 18.5 Å². The zero-order chi connectivity index (χ0) is 22.9. The molecule has 0 spiro atoms. The fourth-order valence-electron chi connectivity index (χ4n) is 2.97. The Bertz CT molecular complexity index is 922. The normalized spacial score (nSPS) is 15.7. The summed E-state index contributed by atoms with van der Waals surface area (Å²) in [4.78, 5) is 9.18. The number of nitrogens with two attached hydrogens (primary N) is 1. The van der Waals surface area contributed by atoms with Crippen LogP contribution in [0.5, 0.6) is 0 Å². The van der Waals surface area contributed by atoms with Gasteiger partial charge in [0.2, 0.25) is 6.35 Å². The standard InChI is InChI=1S/C21H30N7O3S/c1-23-12-17(11-22)27-21(30)26-15-4-2-14(3-5-15)20-25-16(13-32(31)18-6-7-18)10-19(28-20)24-8-9-29/h2-5,10-12,18,21-23,26-27,29-31H,6-9,13H2,1H3,(H,24,25,28)/q+1/p+1/b17-12+,22-11?. The summed E-state index contributed by atoms with van der Waals surface area (Å²) in [5.74, 6) is 1.62. The number of nitrogens with zero attached hydrogens (tertiary/aromatic N) is 2. The van der Waals surface area contributed by atoms with Crippen molar-refractivity contribution in [2.75, 3.05) is 30.8 Å². The number of allylic oxidation sites excluding steroid dienone is 1. The lowest BCUT2D eigenvalue weighted by atomic mass is 10.2. The van der Waals surface area contributed by atoms with E-state index in [1.165, 1.54) is 0 Å². The summed E-state index contributed by atoms with van der Waals surface area (Å²) in [6, 6.07) is 9.11. The van der Waals surface area contributed by atoms with Crippen molar-refractivity contribution in [2.45, 2.75) is 30.2 Å². The second-order valence-electron chi connectivity index (χ2n) is 7.33. The van der Waals surface area contributed by atoms with Crippen molar-refractivity contribution in [1.82, 2.24) is 15.3 Å². The lowest BCUT2D eigenvalue weighted by Gasteiger charge is -2.16. The van der Waals surface area contributed by atoms with Crippen LogP contribution in [0, 0.1) is 5.41 Å². The number of aliphatic hydroxyl groups is 2. The van der Waals surface area contributed by atoms with Crippen LogP contribution in [-0.2, 0) is 16.9 Å². The molecule has 2 atom stereocenters. The highest BCUT2D eigenvalue weighted by atomic mass is 32.2. The Labute approximate surface area is 190 Å². The fraction of sp³-hybridized carbons (Fsp3) is 0.381. The summed E-state index contributed by atoms with van der Waals surface area (Å²) in [5, 5.41) is 37.5. The van der Waals surface area contributed by atoms with Gasteiger partial charge in [-0.25, -0.2) is 9.97 Å². The number of rotatable bonds is 13. The van der Waals surface area contributed by atoms with Crippen LogP contribution >= 0.6 is 0 Å². The molecule has 2 unspecified atom stereocenters. The van der Waals surface area contributed by atoms with Crippen LogP contribution in [-0.4, -0.2) is 62.7 Å². The molecular weight excluding hydrogens is 430 g/mol. The van der Waals surface area contributed by atoms with E-state index >= 15 is 0 Å². The highest BCUT2D eigenvalue weighted by Gasteiger charge is 2.40. The maximum atomic E-state index is 10.4. The summed E-state index contributed by atoms with van der Waals surface area (Å²) >= 11 is -0.693. The summed E-state index contributed by atoms with van der Waals surface area (Å²) in [5.41, 5.74) is 2.70. The van der Waals surface area contributed by atoms with Gasteiger partial charge in [0, 0.05) is 42.9 Å². The summed E-state index contributed by atoms with van der Waals surface area (Å²) in [7, 11) is 1.83. The quantitative estimate of drug-likeness (QED) is 0.120. The molecule has 32 heavy (non-hydrogen) atoms. The van der Waals surface area contributed by atoms with Crippen molar-refractivity contribution < 1.29 is 20.1 Å². The highest BCUT2D eigenvalue weighted by molar-refractivity contribution is 7.91. The molecular formula is C21H31N7O3S+2. The number of aromatic nitrogens is 2. The zero-order valence-corrected chi connectivity index (χ0v) is 18.8. The summed E-state index contributed by atoms with van der Waals surface area (Å²) < 4.78 is 10.4. The lowest BCUT2D eigenvalue weighted by molar-refractivity contribution is -0.557. The molecule has 0 radical (unpaired) electrons. The molecule has 9 N–H and O–H groups in total. The smallest absolute Gasteiger partial charge is 0.203 e. The van der Waals surface area contributed by atoms with Crippen LogP contribution in [0.4, 0.5) is 11.5 Å². The number of nitrogens with one attached hydrogen (secondary N) is 4. The van der Waals surface area contributed by atoms with Crippen LogP contribution in [0.25, 0.3) is 11.4 Å². The van der Waals surface area contributed by atoms with Crippen molar-refractivity contribution in [2.24, 2.45) is 0 Å². The Hall–Kier alpha value is -2.70. The van der Waals surface area contributed by atoms with E-state index in [4.69, 9.17) is 10.5 Å². The van der Waals surface area contributed by atoms with Gasteiger partial charge in [-0.3, -0.25) is 0 Å². The molecule has 3 rings (SSSR count). The molecule has 1 saturated carbocycles. The number of aliphatic hydroxyl groups excluding tert-OH is 2. The van der Waals surface area contributed by atoms with Crippen LogP contribution in [0.15, 0.2) is 42.2 Å². The molecule has 0 aliphatic heterocycles. The van der Waals surface area contributed by atoms with Crippen molar-refractivity contribution in [3.8, 4) is 11.4 Å². The van der Waals surface area contributed by atoms with Gasteiger partial charge in [0.05, 0.1) is 19.3 Å². The number of anilines is 2. The van der Waals surface area contributed by atoms with Gasteiger partial charge >= 0.3 is 0 Å². The molecule has 0 amide bonds. The van der Waals surface area contributed by atoms with Gasteiger partial charge in [0.1, 0.15) is 17.7 Å². The Balaban J connectivity index is 1.73. The van der Waals surface area contributed by atoms with Gasteiger partial charge in [-0.15, -0.1) is 0 Å². The van der Waals surface area contributed by atoms with E-state index in [2.05, 4.69) is 25.9 Å². The minimum absolute atomic E-state index is 0.0109. The number of quaternary nitrogens is 1. The van der Waals surface area contributed by atoms with E-state index in [1.54, 1.807) is 23.6 Å². The molecule has 1 aromatic heterocycles. The van der Waals surface area contributed by atoms with E-state index in [0.29, 0.717) is 40.6 Å². The number of benzene rings is 1. The van der Waals surface area contributed by atoms with Crippen molar-refractivity contribution in [3.63, 3.8) is 0 Å². The van der Waals surface area contributed by atoms with Gasteiger partial charge in [-0.2, -0.15) is 4.55 Å². The summed E-state index contributed by atoms with van der Waals surface area (Å²) in [6.45, 7) is 0.363. The summed E-state index contributed by atoms with van der Waals surface area (Å²) in [6.07, 6.45) is 3.88. The molecule has 11 heteroatoms. The molecule has 1 aromatic carbocycles. The molecule has 172 valence electrons. The zero-order valence-electron chi connectivity index (χ0n) is 18.0. The van der Waals surface area contributed by atoms with E-state index in [1.807, 2.05) is 25.2 Å². The SMILES string of the molecule is C[NH2+]/C=C(\C=N)NC(O)Nc1ccc(-c2nc(C[S+](O)C3CC3)cc(NCCO)n2)cc1. The van der Waals surface area contributed by atoms with Gasteiger partial charge in [-0.05, 0) is 24.3 Å². The minimum Gasteiger partial charge on any atom is -0.395 e. The van der Waals surface area contributed by atoms with Crippen LogP contribution in [0.2, 0.25) is 0 Å². The van der Waals surface area contributed by atoms with E-state index in [-0.39, 0.29) is 6.61 Å². The maximum Gasteiger partial charge on any atom is 0.203 e. The Kier molecular flexibility index (Phi) is 8.82. The Morgan fingerprint density at radius 1 is 1.31 bits per heavy atom.